The molecule has 0 saturated carbocycles. The molecule has 0 N–H and O–H groups in total. The summed E-state index contributed by atoms with van der Waals surface area (Å²) in [6.07, 6.45) is 0. The van der Waals surface area contributed by atoms with Gasteiger partial charge in [-0.25, -0.2) is 9.37 Å². The van der Waals surface area contributed by atoms with Crippen LogP contribution in [0.3, 0.4) is 0 Å². The predicted molar refractivity (Wildman–Crippen MR) is 99.2 cm³/mol. The van der Waals surface area contributed by atoms with E-state index in [0.717, 1.165) is 27.1 Å². The number of ether oxygens (including phenoxy) is 1. The summed E-state index contributed by atoms with van der Waals surface area (Å²) in [4.78, 5) is 17.0. The van der Waals surface area contributed by atoms with Gasteiger partial charge in [-0.1, -0.05) is 30.0 Å². The number of pyridine rings is 1. The van der Waals surface area contributed by atoms with Gasteiger partial charge in [0, 0.05) is 10.9 Å². The fourth-order valence-corrected chi connectivity index (χ4v) is 3.53. The van der Waals surface area contributed by atoms with E-state index in [2.05, 4.69) is 4.98 Å². The largest absolute Gasteiger partial charge is 0.494 e. The number of benzene rings is 2. The number of fused-ring (bicyclic) bond motifs is 1. The van der Waals surface area contributed by atoms with Gasteiger partial charge in [0.25, 0.3) is 0 Å². The highest BCUT2D eigenvalue weighted by atomic mass is 32.2. The Balaban J connectivity index is 1.79. The van der Waals surface area contributed by atoms with Crippen LogP contribution in [-0.4, -0.2) is 23.6 Å². The Hall–Kier alpha value is -2.40. The number of thioether (sulfide) groups is 1. The van der Waals surface area contributed by atoms with Crippen molar-refractivity contribution in [3.8, 4) is 5.75 Å². The molecule has 0 aliphatic rings. The average molecular weight is 355 g/mol. The molecule has 0 saturated heterocycles. The molecular weight excluding hydrogens is 337 g/mol. The zero-order valence-electron chi connectivity index (χ0n) is 14.3. The minimum absolute atomic E-state index is 0.131. The highest BCUT2D eigenvalue weighted by Crippen LogP contribution is 2.26. The molecule has 3 rings (SSSR count). The second-order valence-electron chi connectivity index (χ2n) is 5.81. The molecule has 2 aromatic carbocycles. The van der Waals surface area contributed by atoms with E-state index in [0.29, 0.717) is 5.56 Å². The van der Waals surface area contributed by atoms with Crippen molar-refractivity contribution in [3.05, 3.63) is 65.0 Å². The monoisotopic (exact) mass is 355 g/mol. The zero-order chi connectivity index (χ0) is 18.0. The molecule has 0 amide bonds. The Kier molecular flexibility index (Phi) is 5.04. The number of Topliss-reactive ketones (excluding diaryl/α,β-unsaturated/α-hetero) is 1. The van der Waals surface area contributed by atoms with Crippen LogP contribution in [0.5, 0.6) is 5.75 Å². The summed E-state index contributed by atoms with van der Waals surface area (Å²) in [6, 6.07) is 12.3. The van der Waals surface area contributed by atoms with E-state index in [9.17, 15) is 9.18 Å². The van der Waals surface area contributed by atoms with Crippen molar-refractivity contribution in [2.75, 3.05) is 12.9 Å². The molecule has 1 aromatic heterocycles. The molecule has 128 valence electrons. The van der Waals surface area contributed by atoms with Crippen molar-refractivity contribution in [2.45, 2.75) is 18.9 Å². The number of rotatable bonds is 5. The third-order valence-electron chi connectivity index (χ3n) is 4.05. The highest BCUT2D eigenvalue weighted by Gasteiger charge is 2.12. The predicted octanol–water partition coefficient (Wildman–Crippen LogP) is 4.97. The SMILES string of the molecule is COc1ccc(C(=O)CSc2cc(C)c3cccc(C)c3n2)cc1F. The van der Waals surface area contributed by atoms with Gasteiger partial charge in [0.05, 0.1) is 23.4 Å². The summed E-state index contributed by atoms with van der Waals surface area (Å²) in [5, 5.41) is 1.91. The van der Waals surface area contributed by atoms with Crippen LogP contribution >= 0.6 is 11.8 Å². The van der Waals surface area contributed by atoms with Gasteiger partial charge in [0.2, 0.25) is 0 Å². The summed E-state index contributed by atoms with van der Waals surface area (Å²) < 4.78 is 18.6. The number of carbonyl (C=O) groups is 1. The van der Waals surface area contributed by atoms with E-state index in [-0.39, 0.29) is 17.3 Å². The Morgan fingerprint density at radius 1 is 1.16 bits per heavy atom. The lowest BCUT2D eigenvalue weighted by molar-refractivity contribution is 0.102. The van der Waals surface area contributed by atoms with E-state index < -0.39 is 5.82 Å². The third kappa shape index (κ3) is 3.66. The summed E-state index contributed by atoms with van der Waals surface area (Å²) in [5.74, 6) is -0.341. The number of halogens is 1. The Bertz CT molecular complexity index is 956. The van der Waals surface area contributed by atoms with Crippen molar-refractivity contribution >= 4 is 28.4 Å². The molecule has 5 heteroatoms. The maximum atomic E-state index is 13.7. The van der Waals surface area contributed by atoms with Gasteiger partial charge in [-0.3, -0.25) is 4.79 Å². The van der Waals surface area contributed by atoms with Gasteiger partial charge in [-0.2, -0.15) is 0 Å². The number of aryl methyl sites for hydroxylation is 2. The molecule has 0 aliphatic heterocycles. The first kappa shape index (κ1) is 17.4. The standard InChI is InChI=1S/C20H18FNO2S/c1-12-5-4-6-15-13(2)9-19(22-20(12)15)25-11-17(23)14-7-8-18(24-3)16(21)10-14/h4-10H,11H2,1-3H3. The summed E-state index contributed by atoms with van der Waals surface area (Å²) in [5.41, 5.74) is 3.51. The van der Waals surface area contributed by atoms with Gasteiger partial charge in [-0.05, 0) is 49.2 Å². The Labute approximate surface area is 150 Å². The topological polar surface area (TPSA) is 39.2 Å². The van der Waals surface area contributed by atoms with Crippen molar-refractivity contribution in [2.24, 2.45) is 0 Å². The second-order valence-corrected chi connectivity index (χ2v) is 6.81. The molecule has 0 fully saturated rings. The molecule has 0 radical (unpaired) electrons. The molecule has 0 unspecified atom stereocenters. The van der Waals surface area contributed by atoms with Crippen LogP contribution < -0.4 is 4.74 Å². The maximum Gasteiger partial charge on any atom is 0.173 e. The van der Waals surface area contributed by atoms with Crippen LogP contribution in [0.1, 0.15) is 21.5 Å². The number of nitrogens with zero attached hydrogens (tertiary/aromatic N) is 1. The van der Waals surface area contributed by atoms with Gasteiger partial charge in [-0.15, -0.1) is 0 Å². The molecule has 25 heavy (non-hydrogen) atoms. The van der Waals surface area contributed by atoms with Crippen molar-refractivity contribution in [1.29, 1.82) is 0 Å². The molecule has 3 nitrogen and oxygen atoms in total. The molecule has 1 heterocycles. The summed E-state index contributed by atoms with van der Waals surface area (Å²) >= 11 is 1.36. The van der Waals surface area contributed by atoms with Gasteiger partial charge in [0.1, 0.15) is 0 Å². The van der Waals surface area contributed by atoms with Crippen LogP contribution in [0.15, 0.2) is 47.5 Å². The molecular formula is C20H18FNO2S. The highest BCUT2D eigenvalue weighted by molar-refractivity contribution is 7.99. The molecule has 0 spiro atoms. The average Bonchev–Trinajstić information content (AvgIpc) is 2.60. The molecule has 0 bridgehead atoms. The number of para-hydroxylation sites is 1. The lowest BCUT2D eigenvalue weighted by Crippen LogP contribution is -2.04. The van der Waals surface area contributed by atoms with Gasteiger partial charge >= 0.3 is 0 Å². The van der Waals surface area contributed by atoms with E-state index in [4.69, 9.17) is 4.74 Å². The number of ketones is 1. The first-order valence-electron chi connectivity index (χ1n) is 7.86. The van der Waals surface area contributed by atoms with Crippen LogP contribution in [0.4, 0.5) is 4.39 Å². The van der Waals surface area contributed by atoms with Crippen LogP contribution in [0.2, 0.25) is 0 Å². The fraction of sp³-hybridized carbons (Fsp3) is 0.200. The van der Waals surface area contributed by atoms with E-state index in [1.807, 2.05) is 38.1 Å². The number of hydrogen-bond donors (Lipinski definition) is 0. The maximum absolute atomic E-state index is 13.7. The zero-order valence-corrected chi connectivity index (χ0v) is 15.1. The van der Waals surface area contributed by atoms with Crippen molar-refractivity contribution in [1.82, 2.24) is 4.98 Å². The first-order chi connectivity index (χ1) is 12.0. The van der Waals surface area contributed by atoms with E-state index in [1.165, 1.54) is 31.0 Å². The molecule has 0 atom stereocenters. The summed E-state index contributed by atoms with van der Waals surface area (Å²) in [6.45, 7) is 4.06. The smallest absolute Gasteiger partial charge is 0.173 e. The number of hydrogen-bond acceptors (Lipinski definition) is 4. The second kappa shape index (κ2) is 7.23. The minimum Gasteiger partial charge on any atom is -0.494 e. The quantitative estimate of drug-likeness (QED) is 0.478. The fourth-order valence-electron chi connectivity index (χ4n) is 2.67. The Morgan fingerprint density at radius 3 is 2.68 bits per heavy atom. The lowest BCUT2D eigenvalue weighted by Gasteiger charge is -2.08. The van der Waals surface area contributed by atoms with Crippen LogP contribution in [-0.2, 0) is 0 Å². The Morgan fingerprint density at radius 2 is 1.96 bits per heavy atom. The molecule has 3 aromatic rings. The van der Waals surface area contributed by atoms with Crippen molar-refractivity contribution in [3.63, 3.8) is 0 Å². The number of carbonyl (C=O) groups excluding carboxylic acids is 1. The van der Waals surface area contributed by atoms with Crippen LogP contribution in [0, 0.1) is 19.7 Å². The summed E-state index contributed by atoms with van der Waals surface area (Å²) in [7, 11) is 1.39. The number of methoxy groups -OCH3 is 1. The van der Waals surface area contributed by atoms with Gasteiger partial charge < -0.3 is 4.74 Å². The van der Waals surface area contributed by atoms with E-state index in [1.54, 1.807) is 6.07 Å². The molecule has 0 aliphatic carbocycles. The minimum atomic E-state index is -0.534. The third-order valence-corrected chi connectivity index (χ3v) is 4.96. The van der Waals surface area contributed by atoms with Crippen LogP contribution in [0.25, 0.3) is 10.9 Å². The number of aromatic nitrogens is 1. The normalized spacial score (nSPS) is 10.9. The lowest BCUT2D eigenvalue weighted by atomic mass is 10.1. The van der Waals surface area contributed by atoms with Crippen molar-refractivity contribution < 1.29 is 13.9 Å². The van der Waals surface area contributed by atoms with Gasteiger partial charge in [0.15, 0.2) is 17.3 Å². The van der Waals surface area contributed by atoms with E-state index >= 15 is 0 Å². The first-order valence-corrected chi connectivity index (χ1v) is 8.84.